The molecule has 0 saturated heterocycles. The quantitative estimate of drug-likeness (QED) is 0.768. The molecular weight excluding hydrogens is 244 g/mol. The van der Waals surface area contributed by atoms with Crippen molar-refractivity contribution >= 4 is 22.9 Å². The maximum absolute atomic E-state index is 5.66. The standard InChI is InChI=1S/C13H22N4S/c1-13(2,9-17(3)4)8-16-10-6-5-7-15-11(10)12(14)18/h5-7,16H,8-9H2,1-4H3,(H2,14,18). The second-order valence-corrected chi connectivity index (χ2v) is 5.96. The van der Waals surface area contributed by atoms with Crippen LogP contribution >= 0.6 is 12.2 Å². The van der Waals surface area contributed by atoms with Crippen molar-refractivity contribution in [1.82, 2.24) is 9.88 Å². The van der Waals surface area contributed by atoms with Crippen molar-refractivity contribution in [2.24, 2.45) is 11.1 Å². The molecule has 0 aromatic carbocycles. The maximum Gasteiger partial charge on any atom is 0.124 e. The molecule has 1 heterocycles. The molecule has 4 nitrogen and oxygen atoms in total. The molecule has 0 amide bonds. The molecule has 1 aromatic rings. The van der Waals surface area contributed by atoms with E-state index in [1.54, 1.807) is 6.20 Å². The highest BCUT2D eigenvalue weighted by molar-refractivity contribution is 7.80. The summed E-state index contributed by atoms with van der Waals surface area (Å²) in [6, 6.07) is 3.83. The molecule has 0 saturated carbocycles. The Morgan fingerprint density at radius 1 is 1.50 bits per heavy atom. The summed E-state index contributed by atoms with van der Waals surface area (Å²) < 4.78 is 0. The first-order valence-electron chi connectivity index (χ1n) is 5.95. The summed E-state index contributed by atoms with van der Waals surface area (Å²) >= 11 is 4.99. The van der Waals surface area contributed by atoms with Crippen LogP contribution in [0.4, 0.5) is 5.69 Å². The van der Waals surface area contributed by atoms with E-state index in [1.807, 2.05) is 12.1 Å². The third-order valence-corrected chi connectivity index (χ3v) is 2.74. The molecule has 3 N–H and O–H groups in total. The Bertz CT molecular complexity index is 415. The summed E-state index contributed by atoms with van der Waals surface area (Å²) in [5.74, 6) is 0. The lowest BCUT2D eigenvalue weighted by atomic mass is 9.93. The SMILES string of the molecule is CN(C)CC(C)(C)CNc1cccnc1C(N)=S. The van der Waals surface area contributed by atoms with Gasteiger partial charge in [-0.1, -0.05) is 26.1 Å². The molecule has 1 aromatic heterocycles. The van der Waals surface area contributed by atoms with E-state index in [-0.39, 0.29) is 5.41 Å². The molecule has 100 valence electrons. The molecule has 0 unspecified atom stereocenters. The van der Waals surface area contributed by atoms with Gasteiger partial charge in [-0.2, -0.15) is 0 Å². The average Bonchev–Trinajstić information content (AvgIpc) is 2.25. The van der Waals surface area contributed by atoms with Crippen LogP contribution in [-0.4, -0.2) is 42.1 Å². The van der Waals surface area contributed by atoms with Crippen molar-refractivity contribution in [3.63, 3.8) is 0 Å². The fourth-order valence-electron chi connectivity index (χ4n) is 1.99. The van der Waals surface area contributed by atoms with Gasteiger partial charge in [0.25, 0.3) is 0 Å². The smallest absolute Gasteiger partial charge is 0.124 e. The average molecular weight is 266 g/mol. The minimum atomic E-state index is 0.160. The third-order valence-electron chi connectivity index (χ3n) is 2.54. The summed E-state index contributed by atoms with van der Waals surface area (Å²) in [5, 5.41) is 3.38. The number of nitrogens with zero attached hydrogens (tertiary/aromatic N) is 2. The molecular formula is C13H22N4S. The minimum Gasteiger partial charge on any atom is -0.388 e. The number of nitrogens with one attached hydrogen (secondary N) is 1. The van der Waals surface area contributed by atoms with E-state index < -0.39 is 0 Å². The van der Waals surface area contributed by atoms with Gasteiger partial charge in [0.15, 0.2) is 0 Å². The van der Waals surface area contributed by atoms with E-state index in [2.05, 4.69) is 43.1 Å². The number of rotatable bonds is 6. The molecule has 0 atom stereocenters. The summed E-state index contributed by atoms with van der Waals surface area (Å²) in [6.07, 6.45) is 1.70. The van der Waals surface area contributed by atoms with Crippen LogP contribution in [0.3, 0.4) is 0 Å². The van der Waals surface area contributed by atoms with Crippen molar-refractivity contribution in [3.8, 4) is 0 Å². The van der Waals surface area contributed by atoms with Gasteiger partial charge in [0, 0.05) is 19.3 Å². The number of hydrogen-bond donors (Lipinski definition) is 2. The highest BCUT2D eigenvalue weighted by atomic mass is 32.1. The van der Waals surface area contributed by atoms with Crippen LogP contribution in [0.5, 0.6) is 0 Å². The van der Waals surface area contributed by atoms with Gasteiger partial charge in [-0.3, -0.25) is 4.98 Å². The van der Waals surface area contributed by atoms with Crippen LogP contribution in [0.2, 0.25) is 0 Å². The van der Waals surface area contributed by atoms with Crippen LogP contribution in [0.25, 0.3) is 0 Å². The Morgan fingerprint density at radius 3 is 2.72 bits per heavy atom. The number of hydrogen-bond acceptors (Lipinski definition) is 4. The van der Waals surface area contributed by atoms with Gasteiger partial charge in [0.05, 0.1) is 5.69 Å². The zero-order chi connectivity index (χ0) is 13.8. The van der Waals surface area contributed by atoms with Crippen molar-refractivity contribution < 1.29 is 0 Å². The molecule has 0 aliphatic rings. The number of aromatic nitrogens is 1. The van der Waals surface area contributed by atoms with Gasteiger partial charge >= 0.3 is 0 Å². The summed E-state index contributed by atoms with van der Waals surface area (Å²) in [6.45, 7) is 6.28. The highest BCUT2D eigenvalue weighted by Gasteiger charge is 2.19. The van der Waals surface area contributed by atoms with Crippen molar-refractivity contribution in [2.45, 2.75) is 13.8 Å². The van der Waals surface area contributed by atoms with E-state index in [1.165, 1.54) is 0 Å². The topological polar surface area (TPSA) is 54.2 Å². The van der Waals surface area contributed by atoms with Crippen molar-refractivity contribution in [2.75, 3.05) is 32.5 Å². The molecule has 0 spiro atoms. The van der Waals surface area contributed by atoms with E-state index in [0.717, 1.165) is 18.8 Å². The zero-order valence-corrected chi connectivity index (χ0v) is 12.3. The first-order valence-corrected chi connectivity index (χ1v) is 6.36. The van der Waals surface area contributed by atoms with Gasteiger partial charge in [0.1, 0.15) is 10.7 Å². The lowest BCUT2D eigenvalue weighted by Gasteiger charge is -2.29. The number of pyridine rings is 1. The predicted molar refractivity (Wildman–Crippen MR) is 80.9 cm³/mol. The Kier molecular flexibility index (Phi) is 5.04. The Morgan fingerprint density at radius 2 is 2.17 bits per heavy atom. The van der Waals surface area contributed by atoms with Crippen LogP contribution in [0.15, 0.2) is 18.3 Å². The second-order valence-electron chi connectivity index (χ2n) is 5.52. The van der Waals surface area contributed by atoms with Crippen molar-refractivity contribution in [3.05, 3.63) is 24.0 Å². The Hall–Kier alpha value is -1.20. The largest absolute Gasteiger partial charge is 0.388 e. The Labute approximate surface area is 115 Å². The predicted octanol–water partition coefficient (Wildman–Crippen LogP) is 1.72. The van der Waals surface area contributed by atoms with Gasteiger partial charge in [0.2, 0.25) is 0 Å². The molecule has 5 heteroatoms. The molecule has 0 aliphatic carbocycles. The van der Waals surface area contributed by atoms with Gasteiger partial charge in [-0.15, -0.1) is 0 Å². The molecule has 18 heavy (non-hydrogen) atoms. The van der Waals surface area contributed by atoms with Gasteiger partial charge in [-0.05, 0) is 31.6 Å². The number of anilines is 1. The summed E-state index contributed by atoms with van der Waals surface area (Å²) in [5.41, 5.74) is 7.38. The first-order chi connectivity index (χ1) is 8.32. The normalized spacial score (nSPS) is 11.6. The van der Waals surface area contributed by atoms with Gasteiger partial charge in [-0.25, -0.2) is 0 Å². The highest BCUT2D eigenvalue weighted by Crippen LogP contribution is 2.19. The fraction of sp³-hybridized carbons (Fsp3) is 0.538. The van der Waals surface area contributed by atoms with Crippen LogP contribution in [-0.2, 0) is 0 Å². The van der Waals surface area contributed by atoms with E-state index in [0.29, 0.717) is 10.7 Å². The van der Waals surface area contributed by atoms with Crippen molar-refractivity contribution in [1.29, 1.82) is 0 Å². The lowest BCUT2D eigenvalue weighted by Crippen LogP contribution is -2.34. The fourth-order valence-corrected chi connectivity index (χ4v) is 2.15. The minimum absolute atomic E-state index is 0.160. The molecule has 0 fully saturated rings. The Balaban J connectivity index is 2.71. The zero-order valence-electron chi connectivity index (χ0n) is 11.5. The third kappa shape index (κ3) is 4.58. The van der Waals surface area contributed by atoms with Gasteiger partial charge < -0.3 is 16.0 Å². The lowest BCUT2D eigenvalue weighted by molar-refractivity contribution is 0.254. The van der Waals surface area contributed by atoms with Crippen LogP contribution in [0, 0.1) is 5.41 Å². The molecule has 0 radical (unpaired) electrons. The van der Waals surface area contributed by atoms with E-state index >= 15 is 0 Å². The summed E-state index contributed by atoms with van der Waals surface area (Å²) in [7, 11) is 4.15. The first kappa shape index (κ1) is 14.9. The number of thiocarbonyl (C=S) groups is 1. The molecule has 1 rings (SSSR count). The maximum atomic E-state index is 5.66. The molecule has 0 aliphatic heterocycles. The monoisotopic (exact) mass is 266 g/mol. The van der Waals surface area contributed by atoms with Crippen LogP contribution < -0.4 is 11.1 Å². The van der Waals surface area contributed by atoms with E-state index in [4.69, 9.17) is 18.0 Å². The summed E-state index contributed by atoms with van der Waals surface area (Å²) in [4.78, 5) is 6.70. The van der Waals surface area contributed by atoms with Crippen LogP contribution in [0.1, 0.15) is 19.5 Å². The second kappa shape index (κ2) is 6.11. The molecule has 0 bridgehead atoms. The van der Waals surface area contributed by atoms with E-state index in [9.17, 15) is 0 Å². The number of nitrogens with two attached hydrogens (primary N) is 1.